The van der Waals surface area contributed by atoms with Crippen molar-refractivity contribution in [1.29, 1.82) is 0 Å². The first-order valence-corrected chi connectivity index (χ1v) is 6.43. The number of carbonyl (C=O) groups is 1. The summed E-state index contributed by atoms with van der Waals surface area (Å²) in [6.45, 7) is 0. The van der Waals surface area contributed by atoms with Crippen LogP contribution in [0.15, 0.2) is 67.3 Å². The molecule has 0 saturated carbocycles. The topological polar surface area (TPSA) is 63.1 Å². The molecule has 0 spiro atoms. The Kier molecular flexibility index (Phi) is 3.43. The zero-order valence-corrected chi connectivity index (χ0v) is 11.1. The first-order valence-electron chi connectivity index (χ1n) is 6.43. The molecule has 4 nitrogen and oxygen atoms in total. The van der Waals surface area contributed by atoms with Gasteiger partial charge in [-0.2, -0.15) is 0 Å². The van der Waals surface area contributed by atoms with Gasteiger partial charge in [0.25, 0.3) is 0 Å². The Bertz CT molecular complexity index is 714. The Morgan fingerprint density at radius 1 is 0.714 bits per heavy atom. The molecule has 0 fully saturated rings. The van der Waals surface area contributed by atoms with Crippen molar-refractivity contribution in [2.75, 3.05) is 0 Å². The summed E-state index contributed by atoms with van der Waals surface area (Å²) in [5, 5.41) is 9.30. The molecule has 0 atom stereocenters. The third kappa shape index (κ3) is 2.79. The summed E-state index contributed by atoms with van der Waals surface area (Å²) in [4.78, 5) is 19.3. The Morgan fingerprint density at radius 3 is 1.52 bits per heavy atom. The summed E-state index contributed by atoms with van der Waals surface area (Å²) in [7, 11) is 0. The van der Waals surface area contributed by atoms with Gasteiger partial charge in [0, 0.05) is 24.8 Å². The van der Waals surface area contributed by atoms with Gasteiger partial charge in [-0.15, -0.1) is 0 Å². The molecule has 102 valence electrons. The van der Waals surface area contributed by atoms with Crippen LogP contribution < -0.4 is 0 Å². The third-order valence-corrected chi connectivity index (χ3v) is 3.21. The van der Waals surface area contributed by atoms with E-state index in [2.05, 4.69) is 9.97 Å². The Labute approximate surface area is 121 Å². The molecule has 1 aromatic carbocycles. The highest BCUT2D eigenvalue weighted by Gasteiger charge is 2.09. The van der Waals surface area contributed by atoms with Gasteiger partial charge in [0.1, 0.15) is 0 Å². The van der Waals surface area contributed by atoms with Crippen LogP contribution >= 0.6 is 0 Å². The van der Waals surface area contributed by atoms with E-state index in [0.717, 1.165) is 22.3 Å². The van der Waals surface area contributed by atoms with Crippen LogP contribution in [0.1, 0.15) is 10.4 Å². The van der Waals surface area contributed by atoms with Crippen LogP contribution in [-0.4, -0.2) is 21.0 Å². The van der Waals surface area contributed by atoms with Crippen LogP contribution in [0.25, 0.3) is 22.3 Å². The van der Waals surface area contributed by atoms with Crippen LogP contribution in [0.2, 0.25) is 0 Å². The quantitative estimate of drug-likeness (QED) is 0.795. The van der Waals surface area contributed by atoms with Gasteiger partial charge in [0.05, 0.1) is 5.56 Å². The maximum atomic E-state index is 11.3. The molecular formula is C17H12N2O2. The maximum Gasteiger partial charge on any atom is 0.335 e. The van der Waals surface area contributed by atoms with Crippen molar-refractivity contribution in [2.24, 2.45) is 0 Å². The van der Waals surface area contributed by atoms with E-state index in [1.165, 1.54) is 0 Å². The second-order valence-electron chi connectivity index (χ2n) is 4.58. The van der Waals surface area contributed by atoms with Crippen LogP contribution in [0.3, 0.4) is 0 Å². The average Bonchev–Trinajstić information content (AvgIpc) is 2.56. The van der Waals surface area contributed by atoms with Gasteiger partial charge >= 0.3 is 5.97 Å². The van der Waals surface area contributed by atoms with Crippen molar-refractivity contribution in [3.05, 3.63) is 72.8 Å². The molecule has 0 radical (unpaired) electrons. The van der Waals surface area contributed by atoms with E-state index < -0.39 is 5.97 Å². The lowest BCUT2D eigenvalue weighted by Gasteiger charge is -2.08. The molecule has 0 aliphatic heterocycles. The molecule has 0 saturated heterocycles. The van der Waals surface area contributed by atoms with Gasteiger partial charge in [0.15, 0.2) is 0 Å². The smallest absolute Gasteiger partial charge is 0.335 e. The highest BCUT2D eigenvalue weighted by Crippen LogP contribution is 2.27. The fourth-order valence-corrected chi connectivity index (χ4v) is 2.17. The van der Waals surface area contributed by atoms with Crippen LogP contribution in [0.5, 0.6) is 0 Å². The van der Waals surface area contributed by atoms with E-state index >= 15 is 0 Å². The molecule has 1 N–H and O–H groups in total. The molecule has 2 heterocycles. The highest BCUT2D eigenvalue weighted by molar-refractivity contribution is 5.92. The lowest BCUT2D eigenvalue weighted by atomic mass is 9.97. The van der Waals surface area contributed by atoms with E-state index in [0.29, 0.717) is 0 Å². The van der Waals surface area contributed by atoms with Crippen molar-refractivity contribution in [1.82, 2.24) is 9.97 Å². The summed E-state index contributed by atoms with van der Waals surface area (Å²) < 4.78 is 0. The van der Waals surface area contributed by atoms with E-state index in [9.17, 15) is 9.90 Å². The molecule has 2 aromatic heterocycles. The molecule has 0 aliphatic carbocycles. The predicted molar refractivity (Wildman–Crippen MR) is 79.9 cm³/mol. The maximum absolute atomic E-state index is 11.3. The minimum Gasteiger partial charge on any atom is -0.478 e. The normalized spacial score (nSPS) is 10.3. The van der Waals surface area contributed by atoms with Gasteiger partial charge in [-0.25, -0.2) is 4.79 Å². The minimum absolute atomic E-state index is 0.260. The summed E-state index contributed by atoms with van der Waals surface area (Å²) in [5.74, 6) is -0.943. The standard InChI is InChI=1S/C17H12N2O2/c20-17(21)16-10-14(12-1-5-18-6-2-12)9-15(11-16)13-3-7-19-8-4-13/h1-11H,(H,20,21). The zero-order valence-electron chi connectivity index (χ0n) is 11.1. The number of aromatic nitrogens is 2. The number of nitrogens with zero attached hydrogens (tertiary/aromatic N) is 2. The number of aromatic carboxylic acids is 1. The van der Waals surface area contributed by atoms with E-state index in [1.807, 2.05) is 30.3 Å². The lowest BCUT2D eigenvalue weighted by Crippen LogP contribution is -1.97. The number of carboxylic acid groups (broad SMARTS) is 1. The Hall–Kier alpha value is -3.01. The molecule has 3 aromatic rings. The monoisotopic (exact) mass is 276 g/mol. The summed E-state index contributed by atoms with van der Waals surface area (Å²) in [5.41, 5.74) is 3.83. The first-order chi connectivity index (χ1) is 10.2. The van der Waals surface area contributed by atoms with Crippen LogP contribution in [0, 0.1) is 0 Å². The molecule has 21 heavy (non-hydrogen) atoms. The number of hydrogen-bond donors (Lipinski definition) is 1. The largest absolute Gasteiger partial charge is 0.478 e. The molecule has 3 rings (SSSR count). The third-order valence-electron chi connectivity index (χ3n) is 3.21. The second kappa shape index (κ2) is 5.54. The predicted octanol–water partition coefficient (Wildman–Crippen LogP) is 3.51. The fraction of sp³-hybridized carbons (Fsp3) is 0. The van der Waals surface area contributed by atoms with Gasteiger partial charge in [0.2, 0.25) is 0 Å². The van der Waals surface area contributed by atoms with Gasteiger partial charge in [-0.3, -0.25) is 9.97 Å². The summed E-state index contributed by atoms with van der Waals surface area (Å²) in [6, 6.07) is 12.7. The number of hydrogen-bond acceptors (Lipinski definition) is 3. The summed E-state index contributed by atoms with van der Waals surface area (Å²) in [6.07, 6.45) is 6.76. The molecule has 0 bridgehead atoms. The molecule has 0 aliphatic rings. The van der Waals surface area contributed by atoms with Crippen molar-refractivity contribution < 1.29 is 9.90 Å². The Morgan fingerprint density at radius 2 is 1.14 bits per heavy atom. The minimum atomic E-state index is -0.943. The SMILES string of the molecule is O=C(O)c1cc(-c2ccncc2)cc(-c2ccncc2)c1. The average molecular weight is 276 g/mol. The summed E-state index contributed by atoms with van der Waals surface area (Å²) >= 11 is 0. The van der Waals surface area contributed by atoms with E-state index in [-0.39, 0.29) is 5.56 Å². The van der Waals surface area contributed by atoms with E-state index in [1.54, 1.807) is 36.9 Å². The van der Waals surface area contributed by atoms with E-state index in [4.69, 9.17) is 0 Å². The lowest BCUT2D eigenvalue weighted by molar-refractivity contribution is 0.0697. The first kappa shape index (κ1) is 13.0. The molecule has 4 heteroatoms. The van der Waals surface area contributed by atoms with Gasteiger partial charge in [-0.1, -0.05) is 0 Å². The molecular weight excluding hydrogens is 264 g/mol. The van der Waals surface area contributed by atoms with Gasteiger partial charge < -0.3 is 5.11 Å². The van der Waals surface area contributed by atoms with Crippen molar-refractivity contribution in [2.45, 2.75) is 0 Å². The highest BCUT2D eigenvalue weighted by atomic mass is 16.4. The molecule has 0 amide bonds. The number of carboxylic acids is 1. The Balaban J connectivity index is 2.18. The van der Waals surface area contributed by atoms with Crippen molar-refractivity contribution >= 4 is 5.97 Å². The number of benzene rings is 1. The number of rotatable bonds is 3. The zero-order chi connectivity index (χ0) is 14.7. The molecule has 0 unspecified atom stereocenters. The number of pyridine rings is 2. The van der Waals surface area contributed by atoms with Gasteiger partial charge in [-0.05, 0) is 64.7 Å². The second-order valence-corrected chi connectivity index (χ2v) is 4.58. The fourth-order valence-electron chi connectivity index (χ4n) is 2.17. The van der Waals surface area contributed by atoms with Crippen molar-refractivity contribution in [3.63, 3.8) is 0 Å². The van der Waals surface area contributed by atoms with Crippen molar-refractivity contribution in [3.8, 4) is 22.3 Å². The van der Waals surface area contributed by atoms with Crippen LogP contribution in [-0.2, 0) is 0 Å². The van der Waals surface area contributed by atoms with Crippen LogP contribution in [0.4, 0.5) is 0 Å².